The van der Waals surface area contributed by atoms with Crippen LogP contribution >= 0.6 is 0 Å². The van der Waals surface area contributed by atoms with Gasteiger partial charge in [-0.1, -0.05) is 13.8 Å². The number of likely N-dealkylation sites (N-methyl/N-ethyl adjacent to an activating group) is 1. The minimum atomic E-state index is -5.08. The molecule has 0 unspecified atom stereocenters. The number of halogens is 3. The summed E-state index contributed by atoms with van der Waals surface area (Å²) in [6.45, 7) is 8.14. The molecule has 3 N–H and O–H groups in total. The van der Waals surface area contributed by atoms with Crippen molar-refractivity contribution in [2.24, 2.45) is 18.2 Å². The van der Waals surface area contributed by atoms with Gasteiger partial charge in [0.15, 0.2) is 0 Å². The highest BCUT2D eigenvalue weighted by molar-refractivity contribution is 5.73. The fraction of sp³-hybridized carbons (Fsp3) is 0.810. The Bertz CT molecular complexity index is 741. The summed E-state index contributed by atoms with van der Waals surface area (Å²) in [4.78, 5) is 11.2. The van der Waals surface area contributed by atoms with Crippen molar-refractivity contribution in [1.82, 2.24) is 14.7 Å². The quantitative estimate of drug-likeness (QED) is 0.718. The van der Waals surface area contributed by atoms with E-state index < -0.39 is 12.1 Å². The monoisotopic (exact) mass is 448 g/mol. The molecule has 1 aliphatic carbocycles. The lowest BCUT2D eigenvalue weighted by Crippen LogP contribution is -2.34. The van der Waals surface area contributed by atoms with E-state index >= 15 is 0 Å². The molecule has 0 amide bonds. The average Bonchev–Trinajstić information content (AvgIpc) is 3.15. The van der Waals surface area contributed by atoms with Crippen LogP contribution in [0.4, 0.5) is 13.2 Å². The summed E-state index contributed by atoms with van der Waals surface area (Å²) < 4.78 is 40.1. The van der Waals surface area contributed by atoms with E-state index in [9.17, 15) is 13.2 Å². The summed E-state index contributed by atoms with van der Waals surface area (Å²) in [5.74, 6) is -2.15. The van der Waals surface area contributed by atoms with Gasteiger partial charge in [0.05, 0.1) is 18.4 Å². The van der Waals surface area contributed by atoms with E-state index in [0.717, 1.165) is 19.7 Å². The van der Waals surface area contributed by atoms with Crippen LogP contribution < -0.4 is 5.73 Å². The van der Waals surface area contributed by atoms with Crippen LogP contribution in [0.25, 0.3) is 0 Å². The van der Waals surface area contributed by atoms with Crippen molar-refractivity contribution in [3.63, 3.8) is 0 Å². The van der Waals surface area contributed by atoms with Crippen LogP contribution in [0, 0.1) is 5.41 Å². The van der Waals surface area contributed by atoms with Gasteiger partial charge in [-0.2, -0.15) is 18.3 Å². The molecule has 3 rings (SSSR count). The molecule has 2 aliphatic rings. The highest BCUT2D eigenvalue weighted by Crippen LogP contribution is 2.50. The van der Waals surface area contributed by atoms with E-state index in [2.05, 4.69) is 42.6 Å². The van der Waals surface area contributed by atoms with Crippen molar-refractivity contribution in [3.05, 3.63) is 17.5 Å². The number of alkyl halides is 3. The van der Waals surface area contributed by atoms with Gasteiger partial charge in [-0.3, -0.25) is 4.68 Å². The first-order chi connectivity index (χ1) is 14.3. The fourth-order valence-corrected chi connectivity index (χ4v) is 4.79. The summed E-state index contributed by atoms with van der Waals surface area (Å²) in [6, 6.07) is 0. The number of aliphatic carboxylic acids is 1. The Morgan fingerprint density at radius 3 is 2.42 bits per heavy atom. The second-order valence-electron chi connectivity index (χ2n) is 9.59. The Balaban J connectivity index is 0.000000423. The van der Waals surface area contributed by atoms with E-state index in [0.29, 0.717) is 17.9 Å². The number of hydrogen-bond acceptors (Lipinski definition) is 5. The molecule has 31 heavy (non-hydrogen) atoms. The van der Waals surface area contributed by atoms with Gasteiger partial charge >= 0.3 is 12.1 Å². The third kappa shape index (κ3) is 6.92. The average molecular weight is 449 g/mol. The van der Waals surface area contributed by atoms with Crippen LogP contribution in [0.15, 0.2) is 6.20 Å². The summed E-state index contributed by atoms with van der Waals surface area (Å²) in [7, 11) is 4.22. The van der Waals surface area contributed by atoms with Gasteiger partial charge in [-0.05, 0) is 44.6 Å². The van der Waals surface area contributed by atoms with Gasteiger partial charge in [-0.15, -0.1) is 0 Å². The molecule has 2 fully saturated rings. The predicted octanol–water partition coefficient (Wildman–Crippen LogP) is 3.29. The number of aryl methyl sites for hydroxylation is 1. The lowest BCUT2D eigenvalue weighted by Gasteiger charge is -2.37. The first kappa shape index (κ1) is 25.6. The Labute approximate surface area is 181 Å². The highest BCUT2D eigenvalue weighted by atomic mass is 19.4. The number of nitrogens with zero attached hydrogens (tertiary/aromatic N) is 3. The van der Waals surface area contributed by atoms with Crippen LogP contribution in [0.3, 0.4) is 0 Å². The lowest BCUT2D eigenvalue weighted by molar-refractivity contribution is -0.192. The molecule has 0 atom stereocenters. The first-order valence-corrected chi connectivity index (χ1v) is 10.6. The van der Waals surface area contributed by atoms with E-state index in [1.54, 1.807) is 0 Å². The first-order valence-electron chi connectivity index (χ1n) is 10.6. The SMILES string of the molecule is CN(CCN)Cc1cnn(C)c1[C@H]1CC[C@]2(CC1)CC(C)(C)CO2.O=C(O)C(F)(F)F. The maximum absolute atomic E-state index is 10.6. The minimum Gasteiger partial charge on any atom is -0.475 e. The van der Waals surface area contributed by atoms with Crippen molar-refractivity contribution >= 4 is 5.97 Å². The molecule has 0 aromatic carbocycles. The molecule has 1 spiro atoms. The molecule has 7 nitrogen and oxygen atoms in total. The summed E-state index contributed by atoms with van der Waals surface area (Å²) in [5.41, 5.74) is 8.96. The summed E-state index contributed by atoms with van der Waals surface area (Å²) >= 11 is 0. The molecule has 1 aromatic heterocycles. The van der Waals surface area contributed by atoms with Gasteiger partial charge < -0.3 is 20.5 Å². The number of carboxylic acids is 1. The van der Waals surface area contributed by atoms with Crippen molar-refractivity contribution in [2.75, 3.05) is 26.7 Å². The molecule has 0 radical (unpaired) electrons. The van der Waals surface area contributed by atoms with Gasteiger partial charge in [0.2, 0.25) is 0 Å². The third-order valence-electron chi connectivity index (χ3n) is 6.11. The predicted molar refractivity (Wildman–Crippen MR) is 111 cm³/mol. The van der Waals surface area contributed by atoms with Gasteiger partial charge in [-0.25, -0.2) is 4.79 Å². The Kier molecular flexibility index (Phi) is 8.15. The zero-order chi connectivity index (χ0) is 23.4. The lowest BCUT2D eigenvalue weighted by atomic mass is 9.72. The molecule has 2 heterocycles. The maximum Gasteiger partial charge on any atom is 0.490 e. The minimum absolute atomic E-state index is 0.148. The van der Waals surface area contributed by atoms with Gasteiger partial charge in [0.1, 0.15) is 0 Å². The summed E-state index contributed by atoms with van der Waals surface area (Å²) in [6.07, 6.45) is 2.97. The molecule has 10 heteroatoms. The number of nitrogens with two attached hydrogens (primary N) is 1. The topological polar surface area (TPSA) is 93.6 Å². The zero-order valence-electron chi connectivity index (χ0n) is 18.8. The van der Waals surface area contributed by atoms with Crippen LogP contribution in [0.1, 0.15) is 63.1 Å². The van der Waals surface area contributed by atoms with Crippen LogP contribution in [0.5, 0.6) is 0 Å². The number of hydrogen-bond donors (Lipinski definition) is 2. The molecular formula is C21H35F3N4O3. The molecular weight excluding hydrogens is 413 g/mol. The Morgan fingerprint density at radius 2 is 1.97 bits per heavy atom. The number of rotatable bonds is 5. The van der Waals surface area contributed by atoms with Gasteiger partial charge in [0.25, 0.3) is 0 Å². The number of ether oxygens (including phenoxy) is 1. The van der Waals surface area contributed by atoms with Crippen molar-refractivity contribution in [1.29, 1.82) is 0 Å². The van der Waals surface area contributed by atoms with Crippen molar-refractivity contribution in [3.8, 4) is 0 Å². The fourth-order valence-electron chi connectivity index (χ4n) is 4.79. The number of aromatic nitrogens is 2. The van der Waals surface area contributed by atoms with Crippen LogP contribution in [-0.2, 0) is 23.1 Å². The van der Waals surface area contributed by atoms with Gasteiger partial charge in [0, 0.05) is 43.9 Å². The number of carboxylic acid groups (broad SMARTS) is 1. The maximum atomic E-state index is 10.6. The van der Waals surface area contributed by atoms with E-state index in [1.165, 1.54) is 43.4 Å². The van der Waals surface area contributed by atoms with Crippen molar-refractivity contribution < 1.29 is 27.8 Å². The standard InChI is InChI=1S/C19H34N4O.C2HF3O2/c1-18(2)13-19(24-14-18)7-5-15(6-8-19)17-16(11-21-23(17)4)12-22(3)10-9-20;3-2(4,5)1(6)7/h11,15H,5-10,12-14,20H2,1-4H3;(H,6,7)/t15-,19-;. The van der Waals surface area contributed by atoms with Crippen LogP contribution in [-0.4, -0.2) is 64.3 Å². The molecule has 1 aliphatic heterocycles. The molecule has 1 saturated heterocycles. The second kappa shape index (κ2) is 9.87. The molecule has 1 saturated carbocycles. The third-order valence-corrected chi connectivity index (χ3v) is 6.11. The van der Waals surface area contributed by atoms with E-state index in [1.807, 2.05) is 6.20 Å². The van der Waals surface area contributed by atoms with Crippen molar-refractivity contribution in [2.45, 2.75) is 70.2 Å². The summed E-state index contributed by atoms with van der Waals surface area (Å²) in [5, 5.41) is 11.7. The Hall–Kier alpha value is -1.65. The smallest absolute Gasteiger partial charge is 0.475 e. The molecule has 1 aromatic rings. The Morgan fingerprint density at radius 1 is 1.39 bits per heavy atom. The number of carbonyl (C=O) groups is 1. The van der Waals surface area contributed by atoms with E-state index in [-0.39, 0.29) is 5.60 Å². The molecule has 0 bridgehead atoms. The zero-order valence-corrected chi connectivity index (χ0v) is 18.8. The molecule has 178 valence electrons. The largest absolute Gasteiger partial charge is 0.490 e. The van der Waals surface area contributed by atoms with E-state index in [4.69, 9.17) is 20.4 Å². The van der Waals surface area contributed by atoms with Crippen LogP contribution in [0.2, 0.25) is 0 Å². The normalized spacial score (nSPS) is 25.5. The second-order valence-corrected chi connectivity index (χ2v) is 9.59. The highest BCUT2D eigenvalue weighted by Gasteiger charge is 2.46.